The lowest BCUT2D eigenvalue weighted by atomic mass is 10.1. The molecular weight excluding hydrogens is 360 g/mol. The molecule has 0 spiro atoms. The van der Waals surface area contributed by atoms with E-state index in [0.29, 0.717) is 44.1 Å². The first-order chi connectivity index (χ1) is 13.5. The van der Waals surface area contributed by atoms with Crippen LogP contribution in [0.3, 0.4) is 0 Å². The van der Waals surface area contributed by atoms with Crippen LogP contribution in [0.15, 0.2) is 42.5 Å². The van der Waals surface area contributed by atoms with Gasteiger partial charge in [0.05, 0.1) is 29.4 Å². The molecule has 0 bridgehead atoms. The summed E-state index contributed by atoms with van der Waals surface area (Å²) in [5.74, 6) is -0.332. The monoisotopic (exact) mass is 384 g/mol. The molecule has 0 atom stereocenters. The number of nitrogens with one attached hydrogen (secondary N) is 1. The van der Waals surface area contributed by atoms with Crippen molar-refractivity contribution in [3.63, 3.8) is 0 Å². The minimum atomic E-state index is -0.486. The summed E-state index contributed by atoms with van der Waals surface area (Å²) >= 11 is 0. The standard InChI is InChI=1S/C20H24N4O4/c1-22(2)16-5-3-15(4-6-16)14-21-20(25)18-13-17(24(26)27)7-8-19(18)23-9-11-28-12-10-23/h3-8,13H,9-12,14H2,1-2H3,(H,21,25). The van der Waals surface area contributed by atoms with Gasteiger partial charge in [-0.15, -0.1) is 0 Å². The van der Waals surface area contributed by atoms with Crippen molar-refractivity contribution in [2.45, 2.75) is 6.54 Å². The number of anilines is 2. The van der Waals surface area contributed by atoms with Gasteiger partial charge in [-0.1, -0.05) is 12.1 Å². The largest absolute Gasteiger partial charge is 0.378 e. The lowest BCUT2D eigenvalue weighted by Gasteiger charge is -2.30. The molecule has 3 rings (SSSR count). The van der Waals surface area contributed by atoms with Gasteiger partial charge in [0.15, 0.2) is 0 Å². The van der Waals surface area contributed by atoms with E-state index in [1.54, 1.807) is 6.07 Å². The second-order valence-electron chi connectivity index (χ2n) is 6.80. The van der Waals surface area contributed by atoms with E-state index < -0.39 is 4.92 Å². The fraction of sp³-hybridized carbons (Fsp3) is 0.350. The number of morpholine rings is 1. The summed E-state index contributed by atoms with van der Waals surface area (Å²) in [4.78, 5) is 27.5. The average molecular weight is 384 g/mol. The number of carbonyl (C=O) groups excluding carboxylic acids is 1. The molecule has 0 unspecified atom stereocenters. The molecule has 2 aromatic rings. The van der Waals surface area contributed by atoms with E-state index in [2.05, 4.69) is 5.32 Å². The van der Waals surface area contributed by atoms with Crippen LogP contribution in [-0.2, 0) is 11.3 Å². The molecule has 1 aliphatic heterocycles. The van der Waals surface area contributed by atoms with Gasteiger partial charge in [0.2, 0.25) is 0 Å². The fourth-order valence-electron chi connectivity index (χ4n) is 3.09. The Bertz CT molecular complexity index is 846. The molecular formula is C20H24N4O4. The summed E-state index contributed by atoms with van der Waals surface area (Å²) in [6.07, 6.45) is 0. The van der Waals surface area contributed by atoms with Gasteiger partial charge in [-0.3, -0.25) is 14.9 Å². The summed E-state index contributed by atoms with van der Waals surface area (Å²) in [5.41, 5.74) is 2.92. The lowest BCUT2D eigenvalue weighted by molar-refractivity contribution is -0.384. The third-order valence-corrected chi connectivity index (χ3v) is 4.69. The predicted molar refractivity (Wildman–Crippen MR) is 108 cm³/mol. The normalized spacial score (nSPS) is 13.9. The maximum Gasteiger partial charge on any atom is 0.270 e. The number of hydrogen-bond acceptors (Lipinski definition) is 6. The summed E-state index contributed by atoms with van der Waals surface area (Å²) < 4.78 is 5.36. The Morgan fingerprint density at radius 2 is 1.86 bits per heavy atom. The predicted octanol–water partition coefficient (Wildman–Crippen LogP) is 2.43. The quantitative estimate of drug-likeness (QED) is 0.608. The van der Waals surface area contributed by atoms with Crippen molar-refractivity contribution < 1.29 is 14.5 Å². The molecule has 28 heavy (non-hydrogen) atoms. The van der Waals surface area contributed by atoms with Gasteiger partial charge in [-0.05, 0) is 23.8 Å². The first kappa shape index (κ1) is 19.6. The van der Waals surface area contributed by atoms with Crippen molar-refractivity contribution >= 4 is 23.0 Å². The molecule has 8 heteroatoms. The number of nitrogens with zero attached hydrogens (tertiary/aromatic N) is 3. The minimum absolute atomic E-state index is 0.0995. The maximum atomic E-state index is 12.8. The Morgan fingerprint density at radius 1 is 1.18 bits per heavy atom. The molecule has 1 N–H and O–H groups in total. The number of amides is 1. The Morgan fingerprint density at radius 3 is 2.46 bits per heavy atom. The molecule has 0 aliphatic carbocycles. The molecule has 0 saturated carbocycles. The second-order valence-corrected chi connectivity index (χ2v) is 6.80. The number of carbonyl (C=O) groups is 1. The van der Waals surface area contributed by atoms with Crippen molar-refractivity contribution in [3.05, 3.63) is 63.7 Å². The smallest absolute Gasteiger partial charge is 0.270 e. The number of hydrogen-bond donors (Lipinski definition) is 1. The molecule has 1 amide bonds. The zero-order chi connectivity index (χ0) is 20.1. The van der Waals surface area contributed by atoms with Crippen LogP contribution in [0, 0.1) is 10.1 Å². The van der Waals surface area contributed by atoms with Gasteiger partial charge >= 0.3 is 0 Å². The number of nitro groups is 1. The molecule has 1 heterocycles. The third kappa shape index (κ3) is 4.58. The molecule has 2 aromatic carbocycles. The highest BCUT2D eigenvalue weighted by atomic mass is 16.6. The van der Waals surface area contributed by atoms with Crippen molar-refractivity contribution in [3.8, 4) is 0 Å². The Hall–Kier alpha value is -3.13. The van der Waals surface area contributed by atoms with Gasteiger partial charge in [-0.2, -0.15) is 0 Å². The number of non-ortho nitro benzene ring substituents is 1. The summed E-state index contributed by atoms with van der Waals surface area (Å²) in [5, 5.41) is 14.0. The van der Waals surface area contributed by atoms with Gasteiger partial charge in [0.1, 0.15) is 0 Å². The highest BCUT2D eigenvalue weighted by Crippen LogP contribution is 2.26. The van der Waals surface area contributed by atoms with E-state index in [4.69, 9.17) is 4.74 Å². The van der Waals surface area contributed by atoms with E-state index in [0.717, 1.165) is 11.3 Å². The van der Waals surface area contributed by atoms with Crippen LogP contribution in [0.2, 0.25) is 0 Å². The van der Waals surface area contributed by atoms with Gasteiger partial charge in [-0.25, -0.2) is 0 Å². The average Bonchev–Trinajstić information content (AvgIpc) is 2.72. The summed E-state index contributed by atoms with van der Waals surface area (Å²) in [7, 11) is 3.93. The Kier molecular flexibility index (Phi) is 6.10. The zero-order valence-corrected chi connectivity index (χ0v) is 16.1. The molecule has 1 saturated heterocycles. The summed E-state index contributed by atoms with van der Waals surface area (Å²) in [6, 6.07) is 12.3. The molecule has 0 aromatic heterocycles. The second kappa shape index (κ2) is 8.71. The minimum Gasteiger partial charge on any atom is -0.378 e. The van der Waals surface area contributed by atoms with E-state index in [1.165, 1.54) is 12.1 Å². The summed E-state index contributed by atoms with van der Waals surface area (Å²) in [6.45, 7) is 2.76. The van der Waals surface area contributed by atoms with E-state index >= 15 is 0 Å². The molecule has 1 aliphatic rings. The van der Waals surface area contributed by atoms with Crippen LogP contribution in [0.4, 0.5) is 17.1 Å². The van der Waals surface area contributed by atoms with Crippen molar-refractivity contribution in [1.29, 1.82) is 0 Å². The van der Waals surface area contributed by atoms with Crippen molar-refractivity contribution in [2.75, 3.05) is 50.2 Å². The molecule has 148 valence electrons. The SMILES string of the molecule is CN(C)c1ccc(CNC(=O)c2cc([N+](=O)[O-])ccc2N2CCOCC2)cc1. The van der Waals surface area contributed by atoms with Crippen LogP contribution in [0.25, 0.3) is 0 Å². The number of benzene rings is 2. The molecule has 0 radical (unpaired) electrons. The van der Waals surface area contributed by atoms with E-state index in [1.807, 2.05) is 48.2 Å². The van der Waals surface area contributed by atoms with Crippen LogP contribution in [0.1, 0.15) is 15.9 Å². The van der Waals surface area contributed by atoms with E-state index in [9.17, 15) is 14.9 Å². The lowest BCUT2D eigenvalue weighted by Crippen LogP contribution is -2.38. The zero-order valence-electron chi connectivity index (χ0n) is 16.1. The number of ether oxygens (including phenoxy) is 1. The first-order valence-corrected chi connectivity index (χ1v) is 9.11. The van der Waals surface area contributed by atoms with Crippen molar-refractivity contribution in [1.82, 2.24) is 5.32 Å². The maximum absolute atomic E-state index is 12.8. The van der Waals surface area contributed by atoms with E-state index in [-0.39, 0.29) is 11.6 Å². The molecule has 1 fully saturated rings. The molecule has 8 nitrogen and oxygen atoms in total. The van der Waals surface area contributed by atoms with Gasteiger partial charge in [0.25, 0.3) is 11.6 Å². The van der Waals surface area contributed by atoms with Gasteiger partial charge in [0, 0.05) is 51.5 Å². The fourth-order valence-corrected chi connectivity index (χ4v) is 3.09. The van der Waals surface area contributed by atoms with Crippen LogP contribution in [0.5, 0.6) is 0 Å². The van der Waals surface area contributed by atoms with Crippen LogP contribution < -0.4 is 15.1 Å². The Labute approximate surface area is 163 Å². The topological polar surface area (TPSA) is 88.0 Å². The van der Waals surface area contributed by atoms with Crippen molar-refractivity contribution in [2.24, 2.45) is 0 Å². The van der Waals surface area contributed by atoms with Gasteiger partial charge < -0.3 is 19.9 Å². The highest BCUT2D eigenvalue weighted by molar-refractivity contribution is 6.00. The number of rotatable bonds is 6. The Balaban J connectivity index is 1.78. The highest BCUT2D eigenvalue weighted by Gasteiger charge is 2.22. The first-order valence-electron chi connectivity index (χ1n) is 9.11. The van der Waals surface area contributed by atoms with Crippen LogP contribution >= 0.6 is 0 Å². The van der Waals surface area contributed by atoms with Crippen LogP contribution in [-0.4, -0.2) is 51.2 Å². The third-order valence-electron chi connectivity index (χ3n) is 4.69. The number of nitro benzene ring substituents is 1.